The van der Waals surface area contributed by atoms with Gasteiger partial charge < -0.3 is 19.3 Å². The monoisotopic (exact) mass is 464 g/mol. The smallest absolute Gasteiger partial charge is 0.229 e. The number of hydrogen-bond acceptors (Lipinski definition) is 6. The lowest BCUT2D eigenvalue weighted by Gasteiger charge is -2.38. The third-order valence-electron chi connectivity index (χ3n) is 6.80. The number of morpholine rings is 1. The minimum absolute atomic E-state index is 0.121. The van der Waals surface area contributed by atoms with E-state index in [4.69, 9.17) is 9.47 Å². The second-order valence-electron chi connectivity index (χ2n) is 9.03. The van der Waals surface area contributed by atoms with E-state index in [-0.39, 0.29) is 11.5 Å². The van der Waals surface area contributed by atoms with Crippen molar-refractivity contribution >= 4 is 18.0 Å². The Balaban J connectivity index is 1.34. The number of nitrogens with zero attached hydrogens (tertiary/aromatic N) is 4. The molecule has 1 amide bonds. The van der Waals surface area contributed by atoms with Crippen molar-refractivity contribution in [2.24, 2.45) is 0 Å². The topological polar surface area (TPSA) is 67.8 Å². The molecule has 2 aromatic carbocycles. The number of ether oxygens (including phenoxy) is 2. The molecule has 1 atom stereocenters. The van der Waals surface area contributed by atoms with Crippen LogP contribution >= 0.6 is 0 Å². The Bertz CT molecular complexity index is 1230. The second kappa shape index (κ2) is 8.11. The fraction of sp³-hybridized carbons (Fsp3) is 0.320. The highest BCUT2D eigenvalue weighted by molar-refractivity contribution is 5.72. The minimum Gasteiger partial charge on any atom is -0.379 e. The maximum atomic E-state index is 13.6. The lowest BCUT2D eigenvalue weighted by molar-refractivity contribution is -0.125. The molecular weight excluding hydrogens is 442 g/mol. The van der Waals surface area contributed by atoms with Gasteiger partial charge in [0.15, 0.2) is 0 Å². The van der Waals surface area contributed by atoms with Gasteiger partial charge in [-0.15, -0.1) is 0 Å². The maximum Gasteiger partial charge on any atom is 0.229 e. The second-order valence-corrected chi connectivity index (χ2v) is 9.03. The van der Waals surface area contributed by atoms with E-state index in [2.05, 4.69) is 33.1 Å². The summed E-state index contributed by atoms with van der Waals surface area (Å²) in [6, 6.07) is 9.60. The zero-order chi connectivity index (χ0) is 23.3. The zero-order valence-electron chi connectivity index (χ0n) is 18.3. The van der Waals surface area contributed by atoms with Gasteiger partial charge in [0.05, 0.1) is 31.8 Å². The molecule has 4 heterocycles. The summed E-state index contributed by atoms with van der Waals surface area (Å²) >= 11 is 0. The molecule has 1 aromatic heterocycles. The number of halogens is 2. The van der Waals surface area contributed by atoms with Crippen molar-refractivity contribution in [1.29, 1.82) is 0 Å². The third-order valence-corrected chi connectivity index (χ3v) is 6.80. The summed E-state index contributed by atoms with van der Waals surface area (Å²) < 4.78 is 38.8. The summed E-state index contributed by atoms with van der Waals surface area (Å²) in [5, 5.41) is 0. The Morgan fingerprint density at radius 2 is 1.79 bits per heavy atom. The molecular formula is C25H22F2N4O3. The molecule has 174 valence electrons. The molecule has 2 saturated heterocycles. The average molecular weight is 464 g/mol. The predicted octanol–water partition coefficient (Wildman–Crippen LogP) is 3.37. The molecule has 0 radical (unpaired) electrons. The van der Waals surface area contributed by atoms with Crippen molar-refractivity contribution in [3.8, 4) is 11.1 Å². The molecule has 6 rings (SSSR count). The van der Waals surface area contributed by atoms with Gasteiger partial charge in [-0.3, -0.25) is 4.79 Å². The van der Waals surface area contributed by atoms with Crippen molar-refractivity contribution in [3.05, 3.63) is 71.6 Å². The van der Waals surface area contributed by atoms with Crippen LogP contribution in [0.4, 0.5) is 20.4 Å². The third kappa shape index (κ3) is 3.52. The quantitative estimate of drug-likeness (QED) is 0.552. The fourth-order valence-electron chi connectivity index (χ4n) is 4.96. The first-order chi connectivity index (χ1) is 16.5. The Kier molecular flexibility index (Phi) is 5.04. The van der Waals surface area contributed by atoms with Crippen molar-refractivity contribution in [2.45, 2.75) is 11.5 Å². The number of carbonyl (C=O) groups excluding carboxylic acids is 1. The predicted molar refractivity (Wildman–Crippen MR) is 120 cm³/mol. The lowest BCUT2D eigenvalue weighted by Crippen LogP contribution is -2.49. The average Bonchev–Trinajstić information content (AvgIpc) is 3.19. The maximum absolute atomic E-state index is 13.6. The van der Waals surface area contributed by atoms with Gasteiger partial charge in [0, 0.05) is 42.8 Å². The molecule has 9 heteroatoms. The van der Waals surface area contributed by atoms with Crippen LogP contribution in [-0.2, 0) is 19.7 Å². The standard InChI is InChI=1S/C25H22F2N4O3/c26-19-5-17(6-20(27)8-19)18-9-28-24(29-10-18)31-12-25(13-33-14-25)21-2-1-16(7-22(21)31)23-11-30(15-32)3-4-34-23/h1-2,5-10,15,23H,3-4,11-14H2. The first-order valence-corrected chi connectivity index (χ1v) is 11.1. The van der Waals surface area contributed by atoms with Gasteiger partial charge in [-0.2, -0.15) is 0 Å². The van der Waals surface area contributed by atoms with Crippen molar-refractivity contribution in [3.63, 3.8) is 0 Å². The van der Waals surface area contributed by atoms with E-state index < -0.39 is 11.6 Å². The van der Waals surface area contributed by atoms with Gasteiger partial charge in [0.1, 0.15) is 17.7 Å². The van der Waals surface area contributed by atoms with Crippen LogP contribution < -0.4 is 4.90 Å². The lowest BCUT2D eigenvalue weighted by atomic mass is 9.80. The van der Waals surface area contributed by atoms with E-state index in [1.54, 1.807) is 17.3 Å². The van der Waals surface area contributed by atoms with Crippen molar-refractivity contribution < 1.29 is 23.0 Å². The van der Waals surface area contributed by atoms with E-state index in [1.165, 1.54) is 17.7 Å². The summed E-state index contributed by atoms with van der Waals surface area (Å²) in [7, 11) is 0. The minimum atomic E-state index is -0.648. The largest absolute Gasteiger partial charge is 0.379 e. The number of anilines is 2. The molecule has 3 aliphatic rings. The molecule has 1 spiro atoms. The van der Waals surface area contributed by atoms with Crippen LogP contribution in [0.25, 0.3) is 11.1 Å². The molecule has 0 bridgehead atoms. The van der Waals surface area contributed by atoms with Crippen LogP contribution in [0.2, 0.25) is 0 Å². The first kappa shape index (κ1) is 21.1. The van der Waals surface area contributed by atoms with E-state index in [0.717, 1.165) is 23.7 Å². The van der Waals surface area contributed by atoms with Gasteiger partial charge in [-0.25, -0.2) is 18.7 Å². The molecule has 3 aliphatic heterocycles. The Morgan fingerprint density at radius 3 is 2.47 bits per heavy atom. The van der Waals surface area contributed by atoms with Crippen LogP contribution in [0, 0.1) is 11.6 Å². The number of carbonyl (C=O) groups is 1. The normalized spacial score (nSPS) is 20.8. The van der Waals surface area contributed by atoms with Crippen LogP contribution in [0.3, 0.4) is 0 Å². The molecule has 3 aromatic rings. The highest BCUT2D eigenvalue weighted by Crippen LogP contribution is 2.48. The number of amides is 1. The zero-order valence-corrected chi connectivity index (χ0v) is 18.3. The number of aromatic nitrogens is 2. The van der Waals surface area contributed by atoms with Gasteiger partial charge in [-0.1, -0.05) is 12.1 Å². The molecule has 7 nitrogen and oxygen atoms in total. The SMILES string of the molecule is O=CN1CCOC(c2ccc3c(c2)N(c2ncc(-c4cc(F)cc(F)c4)cn2)CC32COC2)C1. The number of benzene rings is 2. The summed E-state index contributed by atoms with van der Waals surface area (Å²) in [6.45, 7) is 3.50. The Hall–Kier alpha value is -3.43. The van der Waals surface area contributed by atoms with Gasteiger partial charge in [0.2, 0.25) is 12.4 Å². The van der Waals surface area contributed by atoms with Gasteiger partial charge in [0.25, 0.3) is 0 Å². The highest BCUT2D eigenvalue weighted by atomic mass is 19.1. The van der Waals surface area contributed by atoms with E-state index in [9.17, 15) is 13.6 Å². The summed E-state index contributed by atoms with van der Waals surface area (Å²) in [6.07, 6.45) is 3.81. The first-order valence-electron chi connectivity index (χ1n) is 11.1. The molecule has 1 unspecified atom stereocenters. The summed E-state index contributed by atoms with van der Waals surface area (Å²) in [5.41, 5.74) is 3.93. The van der Waals surface area contributed by atoms with E-state index in [0.29, 0.717) is 56.5 Å². The molecule has 0 saturated carbocycles. The van der Waals surface area contributed by atoms with Crippen LogP contribution in [0.15, 0.2) is 48.8 Å². The van der Waals surface area contributed by atoms with Crippen LogP contribution in [-0.4, -0.2) is 60.7 Å². The molecule has 34 heavy (non-hydrogen) atoms. The Morgan fingerprint density at radius 1 is 1.03 bits per heavy atom. The number of fused-ring (bicyclic) bond motifs is 2. The fourth-order valence-corrected chi connectivity index (χ4v) is 4.96. The Labute approximate surface area is 194 Å². The van der Waals surface area contributed by atoms with Crippen LogP contribution in [0.1, 0.15) is 17.2 Å². The summed E-state index contributed by atoms with van der Waals surface area (Å²) in [5.74, 6) is -0.794. The highest BCUT2D eigenvalue weighted by Gasteiger charge is 2.49. The number of rotatable bonds is 4. The number of hydrogen-bond donors (Lipinski definition) is 0. The molecule has 0 N–H and O–H groups in total. The van der Waals surface area contributed by atoms with Crippen LogP contribution in [0.5, 0.6) is 0 Å². The molecule has 0 aliphatic carbocycles. The summed E-state index contributed by atoms with van der Waals surface area (Å²) in [4.78, 5) is 24.1. The van der Waals surface area contributed by atoms with E-state index >= 15 is 0 Å². The van der Waals surface area contributed by atoms with E-state index in [1.807, 2.05) is 0 Å². The van der Waals surface area contributed by atoms with Gasteiger partial charge in [-0.05, 0) is 34.9 Å². The van der Waals surface area contributed by atoms with Gasteiger partial charge >= 0.3 is 0 Å². The molecule has 2 fully saturated rings. The van der Waals surface area contributed by atoms with Crippen molar-refractivity contribution in [2.75, 3.05) is 44.4 Å². The van der Waals surface area contributed by atoms with Crippen molar-refractivity contribution in [1.82, 2.24) is 14.9 Å².